The number of hydrogen-bond acceptors (Lipinski definition) is 3. The van der Waals surface area contributed by atoms with Crippen molar-refractivity contribution in [2.75, 3.05) is 0 Å². The molecule has 2 aromatic carbocycles. The van der Waals surface area contributed by atoms with Crippen molar-refractivity contribution < 1.29 is 0 Å². The standard InChI is InChI=1S/C20H20N4S/c1-15-12-22-18(13-21-15)14-23-20(25)24-19(16-8-4-2-5-9-16)17-10-6-3-7-11-17/h2-13,19H,14H2,1H3,(H2,23,24,25). The largest absolute Gasteiger partial charge is 0.357 e. The van der Waals surface area contributed by atoms with E-state index in [1.165, 1.54) is 0 Å². The van der Waals surface area contributed by atoms with Crippen LogP contribution in [0.4, 0.5) is 0 Å². The summed E-state index contributed by atoms with van der Waals surface area (Å²) in [4.78, 5) is 8.58. The van der Waals surface area contributed by atoms with E-state index in [1.54, 1.807) is 12.4 Å². The van der Waals surface area contributed by atoms with Crippen molar-refractivity contribution in [2.45, 2.75) is 19.5 Å². The van der Waals surface area contributed by atoms with E-state index in [0.717, 1.165) is 22.5 Å². The lowest BCUT2D eigenvalue weighted by Crippen LogP contribution is -2.38. The molecule has 0 radical (unpaired) electrons. The van der Waals surface area contributed by atoms with E-state index in [4.69, 9.17) is 12.2 Å². The molecule has 0 spiro atoms. The summed E-state index contributed by atoms with van der Waals surface area (Å²) >= 11 is 5.48. The monoisotopic (exact) mass is 348 g/mol. The molecule has 0 aliphatic rings. The second-order valence-electron chi connectivity index (χ2n) is 5.73. The Balaban J connectivity index is 1.69. The fraction of sp³-hybridized carbons (Fsp3) is 0.150. The minimum Gasteiger partial charge on any atom is -0.357 e. The molecule has 0 fully saturated rings. The summed E-state index contributed by atoms with van der Waals surface area (Å²) in [5.41, 5.74) is 4.07. The summed E-state index contributed by atoms with van der Waals surface area (Å²) in [6.07, 6.45) is 3.51. The smallest absolute Gasteiger partial charge is 0.167 e. The predicted octanol–water partition coefficient (Wildman–Crippen LogP) is 3.54. The molecule has 1 heterocycles. The van der Waals surface area contributed by atoms with Crippen LogP contribution < -0.4 is 10.6 Å². The highest BCUT2D eigenvalue weighted by Gasteiger charge is 2.14. The first kappa shape index (κ1) is 17.0. The summed E-state index contributed by atoms with van der Waals surface area (Å²) in [6, 6.07) is 20.5. The summed E-state index contributed by atoms with van der Waals surface area (Å²) in [7, 11) is 0. The van der Waals surface area contributed by atoms with Gasteiger partial charge in [-0.2, -0.15) is 0 Å². The fourth-order valence-corrected chi connectivity index (χ4v) is 2.70. The molecule has 25 heavy (non-hydrogen) atoms. The second kappa shape index (κ2) is 8.35. The molecule has 1 aromatic heterocycles. The van der Waals surface area contributed by atoms with Crippen molar-refractivity contribution in [3.8, 4) is 0 Å². The first-order chi connectivity index (χ1) is 12.2. The minimum absolute atomic E-state index is 0.00787. The summed E-state index contributed by atoms with van der Waals surface area (Å²) in [5.74, 6) is 0. The maximum atomic E-state index is 5.48. The topological polar surface area (TPSA) is 49.8 Å². The van der Waals surface area contributed by atoms with Gasteiger partial charge < -0.3 is 10.6 Å². The molecule has 0 bridgehead atoms. The van der Waals surface area contributed by atoms with Crippen molar-refractivity contribution in [1.82, 2.24) is 20.6 Å². The number of hydrogen-bond donors (Lipinski definition) is 2. The zero-order chi connectivity index (χ0) is 17.5. The Morgan fingerprint density at radius 1 is 0.920 bits per heavy atom. The van der Waals surface area contributed by atoms with Crippen molar-refractivity contribution in [1.29, 1.82) is 0 Å². The molecule has 2 N–H and O–H groups in total. The molecule has 0 amide bonds. The van der Waals surface area contributed by atoms with Crippen molar-refractivity contribution >= 4 is 17.3 Å². The van der Waals surface area contributed by atoms with Crippen molar-refractivity contribution in [3.63, 3.8) is 0 Å². The molecule has 3 rings (SSSR count). The number of aryl methyl sites for hydroxylation is 1. The van der Waals surface area contributed by atoms with Crippen LogP contribution in [0.15, 0.2) is 73.1 Å². The molecule has 0 atom stereocenters. The second-order valence-corrected chi connectivity index (χ2v) is 6.14. The molecule has 0 saturated carbocycles. The quantitative estimate of drug-likeness (QED) is 0.691. The predicted molar refractivity (Wildman–Crippen MR) is 104 cm³/mol. The number of nitrogens with one attached hydrogen (secondary N) is 2. The molecule has 0 saturated heterocycles. The van der Waals surface area contributed by atoms with Gasteiger partial charge in [-0.1, -0.05) is 60.7 Å². The maximum Gasteiger partial charge on any atom is 0.167 e. The Morgan fingerprint density at radius 3 is 2.04 bits per heavy atom. The minimum atomic E-state index is -0.00787. The van der Waals surface area contributed by atoms with Gasteiger partial charge in [-0.25, -0.2) is 0 Å². The Hall–Kier alpha value is -2.79. The number of aromatic nitrogens is 2. The number of nitrogens with zero attached hydrogens (tertiary/aromatic N) is 2. The van der Waals surface area contributed by atoms with E-state index >= 15 is 0 Å². The third kappa shape index (κ3) is 4.84. The van der Waals surface area contributed by atoms with Crippen LogP contribution in [0.5, 0.6) is 0 Å². The van der Waals surface area contributed by atoms with Gasteiger partial charge in [0.05, 0.1) is 30.2 Å². The van der Waals surface area contributed by atoms with E-state index in [2.05, 4.69) is 44.9 Å². The molecular formula is C20H20N4S. The Morgan fingerprint density at radius 2 is 1.52 bits per heavy atom. The normalized spacial score (nSPS) is 10.5. The average Bonchev–Trinajstić information content (AvgIpc) is 2.67. The SMILES string of the molecule is Cc1cnc(CNC(=S)NC(c2ccccc2)c2ccccc2)cn1. The van der Waals surface area contributed by atoms with Crippen LogP contribution in [-0.2, 0) is 6.54 Å². The van der Waals surface area contributed by atoms with E-state index in [-0.39, 0.29) is 6.04 Å². The third-order valence-corrected chi connectivity index (χ3v) is 4.07. The summed E-state index contributed by atoms with van der Waals surface area (Å²) in [5, 5.41) is 7.19. The average molecular weight is 348 g/mol. The van der Waals surface area contributed by atoms with E-state index in [0.29, 0.717) is 11.7 Å². The van der Waals surface area contributed by atoms with Gasteiger partial charge in [0.25, 0.3) is 0 Å². The highest BCUT2D eigenvalue weighted by molar-refractivity contribution is 7.80. The third-order valence-electron chi connectivity index (χ3n) is 3.81. The molecule has 126 valence electrons. The first-order valence-corrected chi connectivity index (χ1v) is 8.55. The van der Waals surface area contributed by atoms with Gasteiger partial charge >= 0.3 is 0 Å². The Kier molecular flexibility index (Phi) is 5.69. The molecule has 0 aliphatic heterocycles. The van der Waals surface area contributed by atoms with E-state index < -0.39 is 0 Å². The number of benzene rings is 2. The molecular weight excluding hydrogens is 328 g/mol. The lowest BCUT2D eigenvalue weighted by molar-refractivity contribution is 0.730. The summed E-state index contributed by atoms with van der Waals surface area (Å²) in [6.45, 7) is 2.45. The van der Waals surface area contributed by atoms with Crippen LogP contribution in [0.1, 0.15) is 28.6 Å². The van der Waals surface area contributed by atoms with Crippen LogP contribution in [0, 0.1) is 6.92 Å². The highest BCUT2D eigenvalue weighted by atomic mass is 32.1. The van der Waals surface area contributed by atoms with Gasteiger partial charge in [0.1, 0.15) is 0 Å². The Bertz CT molecular complexity index is 765. The lowest BCUT2D eigenvalue weighted by Gasteiger charge is -2.22. The van der Waals surface area contributed by atoms with Crippen LogP contribution in [-0.4, -0.2) is 15.1 Å². The van der Waals surface area contributed by atoms with Crippen LogP contribution in [0.3, 0.4) is 0 Å². The van der Waals surface area contributed by atoms with Crippen molar-refractivity contribution in [3.05, 3.63) is 95.6 Å². The summed E-state index contributed by atoms with van der Waals surface area (Å²) < 4.78 is 0. The maximum absolute atomic E-state index is 5.48. The molecule has 0 aliphatic carbocycles. The van der Waals surface area contributed by atoms with Gasteiger partial charge in [0.15, 0.2) is 5.11 Å². The van der Waals surface area contributed by atoms with Crippen LogP contribution >= 0.6 is 12.2 Å². The lowest BCUT2D eigenvalue weighted by atomic mass is 9.99. The zero-order valence-corrected chi connectivity index (χ0v) is 14.8. The van der Waals surface area contributed by atoms with Gasteiger partial charge in [0.2, 0.25) is 0 Å². The molecule has 3 aromatic rings. The van der Waals surface area contributed by atoms with E-state index in [9.17, 15) is 0 Å². The first-order valence-electron chi connectivity index (χ1n) is 8.14. The van der Waals surface area contributed by atoms with Crippen LogP contribution in [0.2, 0.25) is 0 Å². The van der Waals surface area contributed by atoms with Gasteiger partial charge in [-0.05, 0) is 30.3 Å². The van der Waals surface area contributed by atoms with E-state index in [1.807, 2.05) is 43.3 Å². The van der Waals surface area contributed by atoms with Gasteiger partial charge in [0, 0.05) is 6.20 Å². The highest BCUT2D eigenvalue weighted by Crippen LogP contribution is 2.21. The molecule has 5 heteroatoms. The van der Waals surface area contributed by atoms with Crippen LogP contribution in [0.25, 0.3) is 0 Å². The zero-order valence-electron chi connectivity index (χ0n) is 14.0. The van der Waals surface area contributed by atoms with Gasteiger partial charge in [-0.3, -0.25) is 9.97 Å². The molecule has 4 nitrogen and oxygen atoms in total. The number of rotatable bonds is 5. The fourth-order valence-electron chi connectivity index (χ4n) is 2.51. The molecule has 0 unspecified atom stereocenters. The van der Waals surface area contributed by atoms with Gasteiger partial charge in [-0.15, -0.1) is 0 Å². The van der Waals surface area contributed by atoms with Crippen molar-refractivity contribution in [2.24, 2.45) is 0 Å². The Labute approximate surface area is 153 Å². The number of thiocarbonyl (C=S) groups is 1.